The number of anilines is 3. The highest BCUT2D eigenvalue weighted by Crippen LogP contribution is 2.52. The van der Waals surface area contributed by atoms with Crippen molar-refractivity contribution in [1.29, 1.82) is 0 Å². The van der Waals surface area contributed by atoms with Crippen LogP contribution in [0.2, 0.25) is 0 Å². The van der Waals surface area contributed by atoms with Crippen LogP contribution in [-0.4, -0.2) is 6.61 Å². The normalized spacial score (nSPS) is 15.0. The molecule has 0 radical (unpaired) electrons. The smallest absolute Gasteiger partial charge is 0.248 e. The molecule has 4 aromatic rings. The molecule has 3 heterocycles. The fraction of sp³-hybridized carbons (Fsp3) is 0.200. The molecule has 0 spiro atoms. The molecule has 0 saturated carbocycles. The largest absolute Gasteiger partial charge is 0.491 e. The Bertz CT molecular complexity index is 1240. The molecule has 144 valence electrons. The van der Waals surface area contributed by atoms with Gasteiger partial charge in [-0.2, -0.15) is 0 Å². The van der Waals surface area contributed by atoms with E-state index in [2.05, 4.69) is 48.2 Å². The number of aryl methyl sites for hydroxylation is 2. The van der Waals surface area contributed by atoms with E-state index in [1.807, 2.05) is 24.3 Å². The summed E-state index contributed by atoms with van der Waals surface area (Å²) in [6, 6.07) is 20.9. The predicted octanol–water partition coefficient (Wildman–Crippen LogP) is 6.43. The summed E-state index contributed by atoms with van der Waals surface area (Å²) in [5.74, 6) is 2.43. The van der Waals surface area contributed by atoms with Crippen LogP contribution in [0.3, 0.4) is 0 Å². The molecule has 3 aromatic carbocycles. The molecule has 0 bridgehead atoms. The van der Waals surface area contributed by atoms with Gasteiger partial charge in [0, 0.05) is 5.56 Å². The molecule has 4 heteroatoms. The Balaban J connectivity index is 1.66. The van der Waals surface area contributed by atoms with E-state index in [0.29, 0.717) is 12.5 Å². The van der Waals surface area contributed by atoms with Crippen molar-refractivity contribution in [1.82, 2.24) is 0 Å². The van der Waals surface area contributed by atoms with Crippen LogP contribution in [0.5, 0.6) is 11.5 Å². The quantitative estimate of drug-likeness (QED) is 0.379. The molecule has 6 rings (SSSR count). The first-order chi connectivity index (χ1) is 14.3. The zero-order valence-electron chi connectivity index (χ0n) is 16.3. The summed E-state index contributed by atoms with van der Waals surface area (Å²) in [6.45, 7) is 3.35. The molecule has 2 aliphatic rings. The van der Waals surface area contributed by atoms with Gasteiger partial charge in [0.05, 0.1) is 23.4 Å². The lowest BCUT2D eigenvalue weighted by Gasteiger charge is -2.28. The Morgan fingerprint density at radius 3 is 2.72 bits per heavy atom. The fourth-order valence-electron chi connectivity index (χ4n) is 4.39. The summed E-state index contributed by atoms with van der Waals surface area (Å²) < 4.78 is 18.8. The molecular weight excluding hydrogens is 362 g/mol. The highest BCUT2D eigenvalue weighted by molar-refractivity contribution is 5.95. The number of benzene rings is 3. The Labute approximate surface area is 169 Å². The van der Waals surface area contributed by atoms with E-state index in [1.165, 1.54) is 11.1 Å². The second-order valence-electron chi connectivity index (χ2n) is 7.71. The van der Waals surface area contributed by atoms with E-state index >= 15 is 0 Å². The van der Waals surface area contributed by atoms with Gasteiger partial charge in [-0.25, -0.2) is 0 Å². The molecule has 0 saturated heterocycles. The van der Waals surface area contributed by atoms with Gasteiger partial charge in [-0.15, -0.1) is 0 Å². The monoisotopic (exact) mass is 383 g/mol. The van der Waals surface area contributed by atoms with Gasteiger partial charge in [-0.05, 0) is 49.6 Å². The van der Waals surface area contributed by atoms with Gasteiger partial charge in [0.1, 0.15) is 17.9 Å². The molecule has 0 amide bonds. The van der Waals surface area contributed by atoms with E-state index in [9.17, 15) is 0 Å². The highest BCUT2D eigenvalue weighted by Gasteiger charge is 2.31. The topological polar surface area (TPSA) is 34.8 Å². The number of ether oxygens (including phenoxy) is 2. The van der Waals surface area contributed by atoms with Gasteiger partial charge in [-0.3, -0.25) is 4.90 Å². The average Bonchev–Trinajstić information content (AvgIpc) is 3.04. The van der Waals surface area contributed by atoms with Gasteiger partial charge in [-0.1, -0.05) is 42.0 Å². The van der Waals surface area contributed by atoms with Crippen molar-refractivity contribution >= 4 is 28.2 Å². The van der Waals surface area contributed by atoms with Crippen LogP contribution in [0.15, 0.2) is 65.1 Å². The minimum absolute atomic E-state index is 0.500. The lowest BCUT2D eigenvalue weighted by Crippen LogP contribution is -2.16. The first kappa shape index (κ1) is 16.5. The lowest BCUT2D eigenvalue weighted by atomic mass is 10.0. The van der Waals surface area contributed by atoms with Crippen LogP contribution in [0.1, 0.15) is 23.1 Å². The molecule has 0 aliphatic carbocycles. The van der Waals surface area contributed by atoms with Crippen molar-refractivity contribution in [3.05, 3.63) is 77.4 Å². The van der Waals surface area contributed by atoms with Crippen molar-refractivity contribution < 1.29 is 13.9 Å². The van der Waals surface area contributed by atoms with E-state index in [-0.39, 0.29) is 0 Å². The Morgan fingerprint density at radius 1 is 0.828 bits per heavy atom. The van der Waals surface area contributed by atoms with E-state index in [0.717, 1.165) is 58.9 Å². The van der Waals surface area contributed by atoms with Gasteiger partial charge in [0.25, 0.3) is 0 Å². The second-order valence-corrected chi connectivity index (χ2v) is 7.71. The number of rotatable bonds is 1. The van der Waals surface area contributed by atoms with E-state index in [4.69, 9.17) is 13.9 Å². The Hall–Kier alpha value is -3.40. The van der Waals surface area contributed by atoms with Gasteiger partial charge in [0.15, 0.2) is 5.75 Å². The van der Waals surface area contributed by atoms with Crippen LogP contribution in [-0.2, 0) is 13.0 Å². The minimum atomic E-state index is 0.500. The standard InChI is InChI=1S/C25H21NO3/c1-16-11-12-20-18(14-16)15-28-24-19-8-2-3-10-22(19)29-25(24)26(20)21-9-4-6-17-7-5-13-27-23(17)21/h2-4,6,8-12,14H,5,7,13,15H2,1H3. The molecule has 0 atom stereocenters. The Kier molecular flexibility index (Phi) is 3.60. The minimum Gasteiger partial charge on any atom is -0.491 e. The number of para-hydroxylation sites is 2. The van der Waals surface area contributed by atoms with Crippen molar-refractivity contribution in [2.75, 3.05) is 11.5 Å². The van der Waals surface area contributed by atoms with Crippen LogP contribution >= 0.6 is 0 Å². The van der Waals surface area contributed by atoms with E-state index in [1.54, 1.807) is 0 Å². The third kappa shape index (κ3) is 2.52. The molecule has 0 N–H and O–H groups in total. The molecule has 1 aromatic heterocycles. The van der Waals surface area contributed by atoms with Gasteiger partial charge < -0.3 is 13.9 Å². The fourth-order valence-corrected chi connectivity index (χ4v) is 4.39. The molecule has 2 aliphatic heterocycles. The maximum absolute atomic E-state index is 6.36. The van der Waals surface area contributed by atoms with Crippen LogP contribution < -0.4 is 14.4 Å². The van der Waals surface area contributed by atoms with Crippen molar-refractivity contribution in [3.8, 4) is 11.5 Å². The van der Waals surface area contributed by atoms with Gasteiger partial charge >= 0.3 is 0 Å². The highest BCUT2D eigenvalue weighted by atomic mass is 16.5. The molecule has 0 fully saturated rings. The van der Waals surface area contributed by atoms with Crippen molar-refractivity contribution in [3.63, 3.8) is 0 Å². The lowest BCUT2D eigenvalue weighted by molar-refractivity contribution is 0.289. The number of hydrogen-bond donors (Lipinski definition) is 0. The second kappa shape index (κ2) is 6.31. The number of hydrogen-bond acceptors (Lipinski definition) is 4. The predicted molar refractivity (Wildman–Crippen MR) is 114 cm³/mol. The zero-order chi connectivity index (χ0) is 19.4. The summed E-state index contributed by atoms with van der Waals surface area (Å²) >= 11 is 0. The third-order valence-electron chi connectivity index (χ3n) is 5.74. The first-order valence-corrected chi connectivity index (χ1v) is 10.1. The van der Waals surface area contributed by atoms with Crippen molar-refractivity contribution in [2.24, 2.45) is 0 Å². The van der Waals surface area contributed by atoms with Crippen molar-refractivity contribution in [2.45, 2.75) is 26.4 Å². The average molecular weight is 383 g/mol. The SMILES string of the molecule is Cc1ccc2c(c1)COc1c(oc3ccccc13)N2c1cccc2c1OCCC2. The zero-order valence-corrected chi connectivity index (χ0v) is 16.3. The molecule has 29 heavy (non-hydrogen) atoms. The van der Waals surface area contributed by atoms with Crippen LogP contribution in [0, 0.1) is 6.92 Å². The number of nitrogens with zero attached hydrogens (tertiary/aromatic N) is 1. The number of fused-ring (bicyclic) bond motifs is 5. The summed E-state index contributed by atoms with van der Waals surface area (Å²) in [5.41, 5.74) is 6.47. The molecular formula is C25H21NO3. The molecule has 4 nitrogen and oxygen atoms in total. The Morgan fingerprint density at radius 2 is 1.76 bits per heavy atom. The third-order valence-corrected chi connectivity index (χ3v) is 5.74. The van der Waals surface area contributed by atoms with Crippen LogP contribution in [0.25, 0.3) is 11.0 Å². The van der Waals surface area contributed by atoms with E-state index < -0.39 is 0 Å². The number of furan rings is 1. The molecule has 0 unspecified atom stereocenters. The summed E-state index contributed by atoms with van der Waals surface area (Å²) in [5, 5.41) is 0.989. The van der Waals surface area contributed by atoms with Gasteiger partial charge in [0.2, 0.25) is 5.88 Å². The first-order valence-electron chi connectivity index (χ1n) is 10.1. The summed E-state index contributed by atoms with van der Waals surface area (Å²) in [7, 11) is 0. The van der Waals surface area contributed by atoms with Crippen LogP contribution in [0.4, 0.5) is 17.3 Å². The maximum atomic E-state index is 6.36. The summed E-state index contributed by atoms with van der Waals surface area (Å²) in [6.07, 6.45) is 2.08. The summed E-state index contributed by atoms with van der Waals surface area (Å²) in [4.78, 5) is 2.17. The maximum Gasteiger partial charge on any atom is 0.248 e.